The van der Waals surface area contributed by atoms with E-state index in [0.29, 0.717) is 28.6 Å². The van der Waals surface area contributed by atoms with Crippen LogP contribution in [-0.4, -0.2) is 20.4 Å². The third-order valence-corrected chi connectivity index (χ3v) is 3.55. The molecule has 1 aliphatic carbocycles. The molecule has 0 saturated heterocycles. The fraction of sp³-hybridized carbons (Fsp3) is 0.200. The molecule has 1 aliphatic rings. The predicted octanol–water partition coefficient (Wildman–Crippen LogP) is 3.01. The molecule has 1 fully saturated rings. The number of halogens is 1. The molecule has 4 rings (SSSR count). The smallest absolute Gasteiger partial charge is 0.227 e. The molecule has 0 amide bonds. The molecule has 0 spiro atoms. The van der Waals surface area contributed by atoms with E-state index in [9.17, 15) is 4.39 Å². The number of oxazole rings is 1. The minimum absolute atomic E-state index is 0.168. The number of hydrogen-bond acceptors (Lipinski definition) is 5. The van der Waals surface area contributed by atoms with Crippen LogP contribution in [0.4, 0.5) is 4.39 Å². The molecule has 3 aromatic rings. The van der Waals surface area contributed by atoms with Crippen LogP contribution < -0.4 is 0 Å². The van der Waals surface area contributed by atoms with E-state index < -0.39 is 0 Å². The van der Waals surface area contributed by atoms with Gasteiger partial charge in [0.25, 0.3) is 0 Å². The maximum atomic E-state index is 13.4. The first kappa shape index (κ1) is 12.7. The second kappa shape index (κ2) is 4.77. The number of aromatic amines is 1. The number of H-pyrrole nitrogens is 1. The van der Waals surface area contributed by atoms with E-state index in [4.69, 9.17) is 9.68 Å². The van der Waals surface area contributed by atoms with Gasteiger partial charge in [0.2, 0.25) is 5.89 Å². The lowest BCUT2D eigenvalue weighted by Crippen LogP contribution is -1.88. The minimum Gasteiger partial charge on any atom is -0.440 e. The van der Waals surface area contributed by atoms with Crippen molar-refractivity contribution in [1.29, 1.82) is 5.26 Å². The Morgan fingerprint density at radius 1 is 1.27 bits per heavy atom. The van der Waals surface area contributed by atoms with Crippen LogP contribution in [0.25, 0.3) is 22.8 Å². The number of nitriles is 1. The van der Waals surface area contributed by atoms with Crippen LogP contribution in [0, 0.1) is 17.1 Å². The Morgan fingerprint density at radius 2 is 2.14 bits per heavy atom. The largest absolute Gasteiger partial charge is 0.440 e. The highest BCUT2D eigenvalue weighted by molar-refractivity contribution is 5.67. The standard InChI is InChI=1S/C15H10FN5O/c16-10-3-1-2-9(6-10)15-18-13(14(22-15)8-4-5-8)12-11(7-17)19-21-20-12/h1-3,6,8H,4-5H2,(H,19,20,21). The second-order valence-corrected chi connectivity index (χ2v) is 5.15. The Bertz CT molecular complexity index is 887. The van der Waals surface area contributed by atoms with Crippen molar-refractivity contribution in [3.8, 4) is 28.9 Å². The van der Waals surface area contributed by atoms with Crippen LogP contribution in [0.15, 0.2) is 28.7 Å². The van der Waals surface area contributed by atoms with Crippen molar-refractivity contribution < 1.29 is 8.81 Å². The first-order chi connectivity index (χ1) is 10.8. The molecule has 0 atom stereocenters. The zero-order valence-corrected chi connectivity index (χ0v) is 11.4. The SMILES string of the molecule is N#Cc1n[nH]nc1-c1nc(-c2cccc(F)c2)oc1C1CC1. The summed E-state index contributed by atoms with van der Waals surface area (Å²) >= 11 is 0. The van der Waals surface area contributed by atoms with Gasteiger partial charge in [-0.2, -0.15) is 15.6 Å². The minimum atomic E-state index is -0.357. The van der Waals surface area contributed by atoms with Gasteiger partial charge in [0.05, 0.1) is 0 Å². The molecule has 1 N–H and O–H groups in total. The Morgan fingerprint density at radius 3 is 2.86 bits per heavy atom. The Labute approximate surface area is 124 Å². The summed E-state index contributed by atoms with van der Waals surface area (Å²) in [5.74, 6) is 0.922. The fourth-order valence-electron chi connectivity index (χ4n) is 2.34. The van der Waals surface area contributed by atoms with E-state index in [2.05, 4.69) is 20.4 Å². The molecule has 22 heavy (non-hydrogen) atoms. The van der Waals surface area contributed by atoms with E-state index in [1.807, 2.05) is 6.07 Å². The van der Waals surface area contributed by atoms with E-state index in [-0.39, 0.29) is 17.4 Å². The molecule has 1 aromatic carbocycles. The van der Waals surface area contributed by atoms with E-state index in [1.54, 1.807) is 12.1 Å². The van der Waals surface area contributed by atoms with Crippen molar-refractivity contribution in [3.63, 3.8) is 0 Å². The first-order valence-corrected chi connectivity index (χ1v) is 6.84. The van der Waals surface area contributed by atoms with Gasteiger partial charge in [-0.05, 0) is 31.0 Å². The van der Waals surface area contributed by atoms with Crippen LogP contribution in [-0.2, 0) is 0 Å². The fourth-order valence-corrected chi connectivity index (χ4v) is 2.34. The summed E-state index contributed by atoms with van der Waals surface area (Å²) < 4.78 is 19.2. The van der Waals surface area contributed by atoms with Gasteiger partial charge < -0.3 is 4.42 Å². The normalized spacial score (nSPS) is 14.0. The molecule has 108 valence electrons. The molecule has 2 heterocycles. The monoisotopic (exact) mass is 295 g/mol. The molecule has 0 bridgehead atoms. The number of hydrogen-bond donors (Lipinski definition) is 1. The Kier molecular flexibility index (Phi) is 2.76. The van der Waals surface area contributed by atoms with Crippen LogP contribution in [0.2, 0.25) is 0 Å². The lowest BCUT2D eigenvalue weighted by Gasteiger charge is -1.95. The van der Waals surface area contributed by atoms with Gasteiger partial charge >= 0.3 is 0 Å². The molecular formula is C15H10FN5O. The summed E-state index contributed by atoms with van der Waals surface area (Å²) in [5.41, 5.74) is 1.60. The molecule has 6 nitrogen and oxygen atoms in total. The van der Waals surface area contributed by atoms with Crippen LogP contribution in [0.3, 0.4) is 0 Å². The summed E-state index contributed by atoms with van der Waals surface area (Å²) in [4.78, 5) is 4.43. The highest BCUT2D eigenvalue weighted by atomic mass is 19.1. The van der Waals surface area contributed by atoms with Gasteiger partial charge in [0, 0.05) is 11.5 Å². The molecule has 0 aliphatic heterocycles. The van der Waals surface area contributed by atoms with Gasteiger partial charge in [-0.15, -0.1) is 5.10 Å². The van der Waals surface area contributed by atoms with E-state index in [0.717, 1.165) is 12.8 Å². The third-order valence-electron chi connectivity index (χ3n) is 3.55. The lowest BCUT2D eigenvalue weighted by molar-refractivity contribution is 0.520. The second-order valence-electron chi connectivity index (χ2n) is 5.15. The van der Waals surface area contributed by atoms with Crippen molar-refractivity contribution in [2.75, 3.05) is 0 Å². The number of rotatable bonds is 3. The molecule has 0 unspecified atom stereocenters. The number of nitrogens with one attached hydrogen (secondary N) is 1. The van der Waals surface area contributed by atoms with Crippen LogP contribution >= 0.6 is 0 Å². The molecule has 0 radical (unpaired) electrons. The van der Waals surface area contributed by atoms with Gasteiger partial charge in [-0.25, -0.2) is 9.37 Å². The lowest BCUT2D eigenvalue weighted by atomic mass is 10.2. The van der Waals surface area contributed by atoms with Gasteiger partial charge in [0.1, 0.15) is 23.3 Å². The van der Waals surface area contributed by atoms with Crippen LogP contribution in [0.1, 0.15) is 30.2 Å². The summed E-state index contributed by atoms with van der Waals surface area (Å²) in [6.45, 7) is 0. The van der Waals surface area contributed by atoms with Gasteiger partial charge in [-0.3, -0.25) is 0 Å². The summed E-state index contributed by atoms with van der Waals surface area (Å²) in [6.07, 6.45) is 2.01. The Hall–Kier alpha value is -3.01. The zero-order valence-electron chi connectivity index (χ0n) is 11.4. The topological polar surface area (TPSA) is 91.4 Å². The first-order valence-electron chi connectivity index (χ1n) is 6.84. The zero-order chi connectivity index (χ0) is 15.1. The van der Waals surface area contributed by atoms with Crippen molar-refractivity contribution in [2.24, 2.45) is 0 Å². The third kappa shape index (κ3) is 2.05. The van der Waals surface area contributed by atoms with Crippen molar-refractivity contribution in [2.45, 2.75) is 18.8 Å². The maximum absolute atomic E-state index is 13.4. The molecular weight excluding hydrogens is 285 g/mol. The average Bonchev–Trinajstić information content (AvgIpc) is 3.11. The molecule has 7 heteroatoms. The predicted molar refractivity (Wildman–Crippen MR) is 74.0 cm³/mol. The Balaban J connectivity index is 1.87. The summed E-state index contributed by atoms with van der Waals surface area (Å²) in [5, 5.41) is 19.3. The van der Waals surface area contributed by atoms with Crippen molar-refractivity contribution >= 4 is 0 Å². The van der Waals surface area contributed by atoms with Crippen molar-refractivity contribution in [1.82, 2.24) is 20.4 Å². The molecule has 1 saturated carbocycles. The summed E-state index contributed by atoms with van der Waals surface area (Å²) in [6, 6.07) is 8.02. The van der Waals surface area contributed by atoms with Gasteiger partial charge in [-0.1, -0.05) is 6.07 Å². The quantitative estimate of drug-likeness (QED) is 0.802. The van der Waals surface area contributed by atoms with Gasteiger partial charge in [0.15, 0.2) is 11.4 Å². The number of aromatic nitrogens is 4. The van der Waals surface area contributed by atoms with Crippen LogP contribution in [0.5, 0.6) is 0 Å². The number of nitrogens with zero attached hydrogens (tertiary/aromatic N) is 4. The van der Waals surface area contributed by atoms with E-state index >= 15 is 0 Å². The maximum Gasteiger partial charge on any atom is 0.227 e. The highest BCUT2D eigenvalue weighted by Gasteiger charge is 2.34. The van der Waals surface area contributed by atoms with Crippen molar-refractivity contribution in [3.05, 3.63) is 41.5 Å². The number of benzene rings is 1. The average molecular weight is 295 g/mol. The highest BCUT2D eigenvalue weighted by Crippen LogP contribution is 2.45. The van der Waals surface area contributed by atoms with E-state index in [1.165, 1.54) is 12.1 Å². The molecule has 2 aromatic heterocycles. The summed E-state index contributed by atoms with van der Waals surface area (Å²) in [7, 11) is 0.